The van der Waals surface area contributed by atoms with Gasteiger partial charge in [0.1, 0.15) is 5.78 Å². The molecule has 2 aliphatic heterocycles. The van der Waals surface area contributed by atoms with Crippen LogP contribution >= 0.6 is 0 Å². The Bertz CT molecular complexity index is 401. The lowest BCUT2D eigenvalue weighted by molar-refractivity contribution is -0.248. The van der Waals surface area contributed by atoms with E-state index < -0.39 is 11.7 Å². The molecule has 0 unspecified atom stereocenters. The quantitative estimate of drug-likeness (QED) is 0.570. The van der Waals surface area contributed by atoms with E-state index in [0.717, 1.165) is 0 Å². The molecule has 0 amide bonds. The number of hydrogen-bond donors (Lipinski definition) is 0. The minimum absolute atomic E-state index is 0.0909. The molecule has 2 heterocycles. The first-order valence-corrected chi connectivity index (χ1v) is 6.55. The van der Waals surface area contributed by atoms with Crippen LogP contribution in [0.1, 0.15) is 34.1 Å². The van der Waals surface area contributed by atoms with Gasteiger partial charge in [-0.1, -0.05) is 26.8 Å². The average molecular weight is 252 g/mol. The van der Waals surface area contributed by atoms with Crippen LogP contribution in [-0.4, -0.2) is 23.6 Å². The monoisotopic (exact) mass is 252 g/mol. The van der Waals surface area contributed by atoms with Crippen molar-refractivity contribution in [3.63, 3.8) is 0 Å². The van der Waals surface area contributed by atoms with Crippen LogP contribution < -0.4 is 0 Å². The Morgan fingerprint density at radius 2 is 2.22 bits per heavy atom. The van der Waals surface area contributed by atoms with E-state index in [1.165, 1.54) is 0 Å². The molecule has 0 aliphatic carbocycles. The molecule has 0 aromatic rings. The van der Waals surface area contributed by atoms with Gasteiger partial charge >= 0.3 is 5.97 Å². The summed E-state index contributed by atoms with van der Waals surface area (Å²) in [5.74, 6) is -2.19. The van der Waals surface area contributed by atoms with E-state index in [-0.39, 0.29) is 29.7 Å². The van der Waals surface area contributed by atoms with Crippen molar-refractivity contribution < 1.29 is 19.1 Å². The summed E-state index contributed by atoms with van der Waals surface area (Å²) in [5.41, 5.74) is 0. The van der Waals surface area contributed by atoms with Gasteiger partial charge in [-0.3, -0.25) is 9.59 Å². The number of esters is 1. The molecule has 0 aromatic carbocycles. The highest BCUT2D eigenvalue weighted by molar-refractivity contribution is 5.87. The Morgan fingerprint density at radius 3 is 2.83 bits per heavy atom. The summed E-state index contributed by atoms with van der Waals surface area (Å²) in [6.45, 7) is 7.34. The number of ether oxygens (including phenoxy) is 2. The summed E-state index contributed by atoms with van der Waals surface area (Å²) in [5, 5.41) is 0. The molecule has 1 fully saturated rings. The third-order valence-electron chi connectivity index (χ3n) is 4.09. The summed E-state index contributed by atoms with van der Waals surface area (Å²) >= 11 is 0. The van der Waals surface area contributed by atoms with Gasteiger partial charge in [0.05, 0.1) is 17.9 Å². The third kappa shape index (κ3) is 1.88. The molecule has 0 spiro atoms. The van der Waals surface area contributed by atoms with Crippen molar-refractivity contribution >= 4 is 11.8 Å². The van der Waals surface area contributed by atoms with E-state index in [9.17, 15) is 9.59 Å². The van der Waals surface area contributed by atoms with Crippen LogP contribution in [0.2, 0.25) is 0 Å². The molecule has 4 nitrogen and oxygen atoms in total. The van der Waals surface area contributed by atoms with E-state index in [1.807, 2.05) is 26.8 Å². The Balaban J connectivity index is 2.19. The number of carbonyl (C=O) groups is 2. The van der Waals surface area contributed by atoms with Crippen LogP contribution in [0.4, 0.5) is 0 Å². The molecule has 2 aliphatic rings. The largest absolute Gasteiger partial charge is 0.428 e. The van der Waals surface area contributed by atoms with E-state index in [2.05, 4.69) is 0 Å². The summed E-state index contributed by atoms with van der Waals surface area (Å²) in [7, 11) is 0. The van der Waals surface area contributed by atoms with Crippen LogP contribution in [0.15, 0.2) is 12.2 Å². The van der Waals surface area contributed by atoms with Crippen molar-refractivity contribution in [3.05, 3.63) is 12.2 Å². The Hall–Kier alpha value is -1.16. The van der Waals surface area contributed by atoms with Gasteiger partial charge in [0.15, 0.2) is 0 Å². The lowest BCUT2D eigenvalue weighted by Crippen LogP contribution is -2.52. The molecule has 0 saturated carbocycles. The fourth-order valence-electron chi connectivity index (χ4n) is 2.36. The normalized spacial score (nSPS) is 39.8. The second-order valence-electron chi connectivity index (χ2n) is 5.31. The van der Waals surface area contributed by atoms with E-state index in [0.29, 0.717) is 6.42 Å². The van der Waals surface area contributed by atoms with Crippen molar-refractivity contribution in [3.8, 4) is 0 Å². The molecule has 5 atom stereocenters. The lowest BCUT2D eigenvalue weighted by atomic mass is 9.86. The fourth-order valence-corrected chi connectivity index (χ4v) is 2.36. The second kappa shape index (κ2) is 4.50. The van der Waals surface area contributed by atoms with Gasteiger partial charge in [-0.15, -0.1) is 0 Å². The highest BCUT2D eigenvalue weighted by Crippen LogP contribution is 2.42. The van der Waals surface area contributed by atoms with Crippen molar-refractivity contribution in [2.75, 3.05) is 0 Å². The molecule has 18 heavy (non-hydrogen) atoms. The zero-order valence-corrected chi connectivity index (χ0v) is 11.3. The van der Waals surface area contributed by atoms with E-state index in [1.54, 1.807) is 13.0 Å². The SMILES string of the molecule is CC[C@H](C)C(=O)O[C@@]12C=C[C@@H](O1)[C@H](C)C(=O)[C@H]2C. The number of carbonyl (C=O) groups excluding carboxylic acids is 2. The fraction of sp³-hybridized carbons (Fsp3) is 0.714. The molecule has 2 rings (SSSR count). The number of fused-ring (bicyclic) bond motifs is 2. The first-order chi connectivity index (χ1) is 8.41. The summed E-state index contributed by atoms with van der Waals surface area (Å²) in [6.07, 6.45) is 4.00. The first kappa shape index (κ1) is 13.3. The second-order valence-corrected chi connectivity index (χ2v) is 5.31. The topological polar surface area (TPSA) is 52.6 Å². The first-order valence-electron chi connectivity index (χ1n) is 6.55. The van der Waals surface area contributed by atoms with Crippen molar-refractivity contribution in [2.24, 2.45) is 17.8 Å². The van der Waals surface area contributed by atoms with Gasteiger partial charge in [-0.2, -0.15) is 0 Å². The maximum absolute atomic E-state index is 12.1. The van der Waals surface area contributed by atoms with Crippen molar-refractivity contribution in [1.29, 1.82) is 0 Å². The molecule has 4 heteroatoms. The minimum Gasteiger partial charge on any atom is -0.428 e. The van der Waals surface area contributed by atoms with Gasteiger partial charge in [0, 0.05) is 5.92 Å². The Labute approximate surface area is 107 Å². The zero-order chi connectivity index (χ0) is 13.5. The van der Waals surface area contributed by atoms with Crippen LogP contribution in [-0.2, 0) is 19.1 Å². The molecule has 0 N–H and O–H groups in total. The van der Waals surface area contributed by atoms with Gasteiger partial charge in [-0.05, 0) is 19.4 Å². The number of ketones is 1. The zero-order valence-electron chi connectivity index (χ0n) is 11.3. The predicted molar refractivity (Wildman–Crippen MR) is 65.6 cm³/mol. The smallest absolute Gasteiger partial charge is 0.311 e. The number of Topliss-reactive ketones (excluding diaryl/α,β-unsaturated/α-hetero) is 1. The highest BCUT2D eigenvalue weighted by atomic mass is 16.7. The molecule has 0 radical (unpaired) electrons. The van der Waals surface area contributed by atoms with Gasteiger partial charge < -0.3 is 9.47 Å². The lowest BCUT2D eigenvalue weighted by Gasteiger charge is -2.40. The van der Waals surface area contributed by atoms with Crippen molar-refractivity contribution in [1.82, 2.24) is 0 Å². The van der Waals surface area contributed by atoms with Crippen LogP contribution in [0.25, 0.3) is 0 Å². The number of hydrogen-bond acceptors (Lipinski definition) is 4. The Kier molecular flexibility index (Phi) is 3.32. The maximum Gasteiger partial charge on any atom is 0.311 e. The van der Waals surface area contributed by atoms with Gasteiger partial charge in [-0.25, -0.2) is 0 Å². The number of rotatable bonds is 3. The standard InChI is InChI=1S/C14H20O4/c1-5-8(2)13(16)18-14-7-6-11(17-14)9(3)12(15)10(14)4/h6-11H,5H2,1-4H3/t8-,9-,10+,11+,14+/m0/s1. The van der Waals surface area contributed by atoms with Crippen LogP contribution in [0.5, 0.6) is 0 Å². The molecule has 2 bridgehead atoms. The van der Waals surface area contributed by atoms with Crippen LogP contribution in [0, 0.1) is 17.8 Å². The van der Waals surface area contributed by atoms with E-state index >= 15 is 0 Å². The maximum atomic E-state index is 12.1. The van der Waals surface area contributed by atoms with Crippen molar-refractivity contribution in [2.45, 2.75) is 46.0 Å². The van der Waals surface area contributed by atoms with Crippen LogP contribution in [0.3, 0.4) is 0 Å². The summed E-state index contributed by atoms with van der Waals surface area (Å²) in [4.78, 5) is 24.0. The van der Waals surface area contributed by atoms with Gasteiger partial charge in [0.25, 0.3) is 0 Å². The predicted octanol–water partition coefficient (Wildman–Crippen LogP) is 2.08. The van der Waals surface area contributed by atoms with Gasteiger partial charge in [0.2, 0.25) is 5.79 Å². The summed E-state index contributed by atoms with van der Waals surface area (Å²) < 4.78 is 11.3. The molecular weight excluding hydrogens is 232 g/mol. The Morgan fingerprint density at radius 1 is 1.56 bits per heavy atom. The third-order valence-corrected chi connectivity index (χ3v) is 4.09. The average Bonchev–Trinajstić information content (AvgIpc) is 2.76. The molecular formula is C14H20O4. The minimum atomic E-state index is -1.17. The van der Waals surface area contributed by atoms with E-state index in [4.69, 9.17) is 9.47 Å². The molecule has 100 valence electrons. The highest BCUT2D eigenvalue weighted by Gasteiger charge is 2.55. The molecule has 0 aromatic heterocycles. The summed E-state index contributed by atoms with van der Waals surface area (Å²) in [6, 6.07) is 0. The molecule has 1 saturated heterocycles.